The molecule has 29 heavy (non-hydrogen) atoms. The molecule has 3 fully saturated rings. The van der Waals surface area contributed by atoms with Crippen molar-refractivity contribution in [3.63, 3.8) is 0 Å². The average molecular weight is 401 g/mol. The Hall–Kier alpha value is -2.75. The monoisotopic (exact) mass is 401 g/mol. The van der Waals surface area contributed by atoms with Crippen LogP contribution >= 0.6 is 0 Å². The van der Waals surface area contributed by atoms with Crippen molar-refractivity contribution >= 4 is 23.4 Å². The van der Waals surface area contributed by atoms with Gasteiger partial charge in [0, 0.05) is 37.3 Å². The van der Waals surface area contributed by atoms with E-state index in [1.807, 2.05) is 4.90 Å². The van der Waals surface area contributed by atoms with Gasteiger partial charge in [0.05, 0.1) is 31.2 Å². The molecule has 0 spiro atoms. The predicted octanol–water partition coefficient (Wildman–Crippen LogP) is 1.14. The Kier molecular flexibility index (Phi) is 4.57. The summed E-state index contributed by atoms with van der Waals surface area (Å²) in [6, 6.07) is 0.258. The minimum absolute atomic E-state index is 0.00409. The molecule has 2 N–H and O–H groups in total. The molecule has 9 nitrogen and oxygen atoms in total. The van der Waals surface area contributed by atoms with E-state index in [4.69, 9.17) is 5.11 Å². The molecular weight excluding hydrogens is 377 g/mol. The highest BCUT2D eigenvalue weighted by atomic mass is 19.1. The van der Waals surface area contributed by atoms with Gasteiger partial charge in [0.1, 0.15) is 0 Å². The van der Waals surface area contributed by atoms with Gasteiger partial charge in [0.2, 0.25) is 11.9 Å². The van der Waals surface area contributed by atoms with Crippen LogP contribution in [0, 0.1) is 11.7 Å². The van der Waals surface area contributed by atoms with Crippen LogP contribution in [0.2, 0.25) is 0 Å². The maximum atomic E-state index is 14.5. The van der Waals surface area contributed by atoms with Crippen molar-refractivity contribution in [3.8, 4) is 0 Å². The van der Waals surface area contributed by atoms with Gasteiger partial charge in [-0.25, -0.2) is 9.37 Å². The second kappa shape index (κ2) is 7.25. The zero-order chi connectivity index (χ0) is 20.0. The number of carbonyl (C=O) groups excluding carboxylic acids is 1. The smallest absolute Gasteiger partial charge is 0.229 e. The summed E-state index contributed by atoms with van der Waals surface area (Å²) >= 11 is 0. The number of carbonyl (C=O) groups is 1. The number of aromatic nitrogens is 4. The van der Waals surface area contributed by atoms with Gasteiger partial charge in [0.15, 0.2) is 11.6 Å². The summed E-state index contributed by atoms with van der Waals surface area (Å²) in [5.41, 5.74) is 0.663. The van der Waals surface area contributed by atoms with Gasteiger partial charge in [-0.15, -0.1) is 0 Å². The first kappa shape index (κ1) is 18.3. The van der Waals surface area contributed by atoms with Crippen LogP contribution in [0.4, 0.5) is 21.8 Å². The Bertz CT molecular complexity index is 902. The quantitative estimate of drug-likeness (QED) is 0.749. The van der Waals surface area contributed by atoms with Crippen LogP contribution < -0.4 is 10.2 Å². The van der Waals surface area contributed by atoms with Gasteiger partial charge in [-0.1, -0.05) is 0 Å². The molecule has 2 atom stereocenters. The van der Waals surface area contributed by atoms with Crippen molar-refractivity contribution in [2.75, 3.05) is 29.9 Å². The van der Waals surface area contributed by atoms with Crippen molar-refractivity contribution < 1.29 is 14.3 Å². The third-order valence-electron chi connectivity index (χ3n) is 5.91. The molecule has 3 aliphatic rings. The van der Waals surface area contributed by atoms with E-state index in [1.54, 1.807) is 17.1 Å². The number of aliphatic hydroxyl groups is 1. The molecule has 10 heteroatoms. The van der Waals surface area contributed by atoms with Gasteiger partial charge in [0.25, 0.3) is 0 Å². The fraction of sp³-hybridized carbons (Fsp3) is 0.579. The van der Waals surface area contributed by atoms with Gasteiger partial charge in [-0.2, -0.15) is 10.1 Å². The zero-order valence-electron chi connectivity index (χ0n) is 16.0. The van der Waals surface area contributed by atoms with Crippen molar-refractivity contribution in [2.24, 2.45) is 5.92 Å². The maximum Gasteiger partial charge on any atom is 0.229 e. The molecule has 1 amide bonds. The molecule has 1 aliphatic carbocycles. The summed E-state index contributed by atoms with van der Waals surface area (Å²) in [6.45, 7) is 1.58. The first-order valence-electron chi connectivity index (χ1n) is 10.1. The van der Waals surface area contributed by atoms with Crippen LogP contribution in [0.3, 0.4) is 0 Å². The highest BCUT2D eigenvalue weighted by Gasteiger charge is 2.47. The number of halogens is 1. The lowest BCUT2D eigenvalue weighted by atomic mass is 10.1. The van der Waals surface area contributed by atoms with Crippen molar-refractivity contribution in [1.29, 1.82) is 0 Å². The second-order valence-corrected chi connectivity index (χ2v) is 8.02. The van der Waals surface area contributed by atoms with Gasteiger partial charge < -0.3 is 20.2 Å². The number of amides is 1. The number of fused-ring (bicyclic) bond motifs is 2. The second-order valence-electron chi connectivity index (χ2n) is 8.02. The summed E-state index contributed by atoms with van der Waals surface area (Å²) in [7, 11) is 0. The Morgan fingerprint density at radius 2 is 1.97 bits per heavy atom. The third kappa shape index (κ3) is 3.52. The number of aliphatic hydroxyl groups excluding tert-OH is 1. The van der Waals surface area contributed by atoms with E-state index in [0.29, 0.717) is 25.3 Å². The molecule has 154 valence electrons. The fourth-order valence-corrected chi connectivity index (χ4v) is 4.40. The lowest BCUT2D eigenvalue weighted by Gasteiger charge is -2.41. The van der Waals surface area contributed by atoms with E-state index in [2.05, 4.69) is 25.3 Å². The molecule has 1 saturated carbocycles. The molecule has 2 aromatic heterocycles. The standard InChI is InChI=1S/C19H24FN7O2/c20-16-8-21-19(23-13-7-22-26(9-13)5-6-28)24-17(16)25-10-14-3-4-15(11-25)27(14)18(29)12-1-2-12/h7-9,12,14-15,28H,1-6,10-11H2,(H,21,23,24). The van der Waals surface area contributed by atoms with Crippen molar-refractivity contribution in [2.45, 2.75) is 44.3 Å². The Balaban J connectivity index is 1.32. The maximum absolute atomic E-state index is 14.5. The number of nitrogens with one attached hydrogen (secondary N) is 1. The van der Waals surface area contributed by atoms with Gasteiger partial charge in [-0.3, -0.25) is 9.48 Å². The average Bonchev–Trinajstić information content (AvgIpc) is 3.42. The zero-order valence-corrected chi connectivity index (χ0v) is 16.0. The highest BCUT2D eigenvalue weighted by Crippen LogP contribution is 2.39. The molecule has 2 bridgehead atoms. The number of anilines is 3. The van der Waals surface area contributed by atoms with Crippen molar-refractivity contribution in [1.82, 2.24) is 24.6 Å². The van der Waals surface area contributed by atoms with Crippen LogP contribution in [-0.4, -0.2) is 67.4 Å². The van der Waals surface area contributed by atoms with Crippen LogP contribution in [0.25, 0.3) is 0 Å². The Morgan fingerprint density at radius 3 is 2.66 bits per heavy atom. The molecule has 2 aromatic rings. The lowest BCUT2D eigenvalue weighted by molar-refractivity contribution is -0.135. The normalized spacial score (nSPS) is 23.5. The minimum Gasteiger partial charge on any atom is -0.394 e. The van der Waals surface area contributed by atoms with Crippen LogP contribution in [-0.2, 0) is 11.3 Å². The molecule has 4 heterocycles. The molecule has 0 radical (unpaired) electrons. The highest BCUT2D eigenvalue weighted by molar-refractivity contribution is 5.82. The van der Waals surface area contributed by atoms with Crippen LogP contribution in [0.1, 0.15) is 25.7 Å². The first-order valence-corrected chi connectivity index (χ1v) is 10.1. The molecular formula is C19H24FN7O2. The predicted molar refractivity (Wildman–Crippen MR) is 103 cm³/mol. The summed E-state index contributed by atoms with van der Waals surface area (Å²) in [4.78, 5) is 25.0. The van der Waals surface area contributed by atoms with Gasteiger partial charge in [-0.05, 0) is 25.7 Å². The fourth-order valence-electron chi connectivity index (χ4n) is 4.40. The summed E-state index contributed by atoms with van der Waals surface area (Å²) in [5, 5.41) is 16.1. The molecule has 0 aromatic carbocycles. The van der Waals surface area contributed by atoms with Gasteiger partial charge >= 0.3 is 0 Å². The Labute approximate surface area is 167 Å². The van der Waals surface area contributed by atoms with E-state index in [0.717, 1.165) is 25.7 Å². The van der Waals surface area contributed by atoms with Crippen LogP contribution in [0.5, 0.6) is 0 Å². The van der Waals surface area contributed by atoms with E-state index >= 15 is 0 Å². The number of rotatable bonds is 6. The third-order valence-corrected chi connectivity index (χ3v) is 5.91. The first-order chi connectivity index (χ1) is 14.1. The summed E-state index contributed by atoms with van der Waals surface area (Å²) < 4.78 is 16.1. The Morgan fingerprint density at radius 1 is 1.21 bits per heavy atom. The summed E-state index contributed by atoms with van der Waals surface area (Å²) in [5.74, 6) is 0.577. The van der Waals surface area contributed by atoms with E-state index in [-0.39, 0.29) is 42.3 Å². The molecule has 2 unspecified atom stereocenters. The molecule has 5 rings (SSSR count). The van der Waals surface area contributed by atoms with Crippen molar-refractivity contribution in [3.05, 3.63) is 24.4 Å². The topological polar surface area (TPSA) is 99.4 Å². The largest absolute Gasteiger partial charge is 0.394 e. The minimum atomic E-state index is -0.465. The van der Waals surface area contributed by atoms with E-state index in [1.165, 1.54) is 6.20 Å². The van der Waals surface area contributed by atoms with E-state index in [9.17, 15) is 9.18 Å². The number of hydrogen-bond acceptors (Lipinski definition) is 7. The van der Waals surface area contributed by atoms with E-state index < -0.39 is 5.82 Å². The molecule has 2 saturated heterocycles. The molecule has 2 aliphatic heterocycles. The summed E-state index contributed by atoms with van der Waals surface area (Å²) in [6.07, 6.45) is 8.43. The van der Waals surface area contributed by atoms with Crippen LogP contribution in [0.15, 0.2) is 18.6 Å². The number of nitrogens with zero attached hydrogens (tertiary/aromatic N) is 6. The number of hydrogen-bond donors (Lipinski definition) is 2. The SMILES string of the molecule is O=C(C1CC1)N1C2CCC1CN(c1nc(Nc3cnn(CCO)c3)ncc1F)C2. The number of piperazine rings is 1. The lowest BCUT2D eigenvalue weighted by Crippen LogP contribution is -2.56.